The average Bonchev–Trinajstić information content (AvgIpc) is 2.87. The van der Waals surface area contributed by atoms with Gasteiger partial charge in [-0.2, -0.15) is 0 Å². The standard InChI is InChI=1S/C30H51NO5/c1-4-6-8-10-11-12-13-14-15-16-17-20-25-29(34)26(24-27(32)30(25)35-3)31-22-19-21-28(33)36-23-18-9-7-5-2/h24,31H,4-23H2,1-3H3. The summed E-state index contributed by atoms with van der Waals surface area (Å²) >= 11 is 0. The van der Waals surface area contributed by atoms with Crippen molar-refractivity contribution in [3.8, 4) is 0 Å². The maximum absolute atomic E-state index is 13.0. The number of esters is 1. The molecule has 0 saturated heterocycles. The molecule has 36 heavy (non-hydrogen) atoms. The summed E-state index contributed by atoms with van der Waals surface area (Å²) in [5.41, 5.74) is 0.765. The Morgan fingerprint density at radius 1 is 0.778 bits per heavy atom. The molecule has 206 valence electrons. The predicted octanol–water partition coefficient (Wildman–Crippen LogP) is 7.12. The average molecular weight is 506 g/mol. The van der Waals surface area contributed by atoms with Crippen LogP contribution in [0.1, 0.15) is 129 Å². The third-order valence-electron chi connectivity index (χ3n) is 6.66. The van der Waals surface area contributed by atoms with Crippen LogP contribution in [0.4, 0.5) is 0 Å². The normalized spacial score (nSPS) is 13.7. The summed E-state index contributed by atoms with van der Waals surface area (Å²) in [6, 6.07) is 0. The fourth-order valence-electron chi connectivity index (χ4n) is 4.47. The Morgan fingerprint density at radius 3 is 1.92 bits per heavy atom. The highest BCUT2D eigenvalue weighted by Crippen LogP contribution is 2.24. The molecule has 6 nitrogen and oxygen atoms in total. The van der Waals surface area contributed by atoms with Crippen LogP contribution in [0.2, 0.25) is 0 Å². The van der Waals surface area contributed by atoms with Gasteiger partial charge in [-0.15, -0.1) is 0 Å². The van der Waals surface area contributed by atoms with Crippen molar-refractivity contribution < 1.29 is 23.9 Å². The summed E-state index contributed by atoms with van der Waals surface area (Å²) in [5, 5.41) is 3.05. The lowest BCUT2D eigenvalue weighted by molar-refractivity contribution is -0.143. The first-order chi connectivity index (χ1) is 17.5. The van der Waals surface area contributed by atoms with E-state index >= 15 is 0 Å². The molecule has 1 aliphatic carbocycles. The summed E-state index contributed by atoms with van der Waals surface area (Å²) < 4.78 is 10.5. The van der Waals surface area contributed by atoms with Gasteiger partial charge in [0.15, 0.2) is 5.76 Å². The fraction of sp³-hybridized carbons (Fsp3) is 0.767. The van der Waals surface area contributed by atoms with Crippen molar-refractivity contribution in [3.63, 3.8) is 0 Å². The Hall–Kier alpha value is -2.11. The van der Waals surface area contributed by atoms with E-state index in [2.05, 4.69) is 19.2 Å². The molecule has 0 heterocycles. The maximum atomic E-state index is 13.0. The lowest BCUT2D eigenvalue weighted by Crippen LogP contribution is -2.29. The minimum atomic E-state index is -0.274. The second kappa shape index (κ2) is 21.0. The number of ketones is 2. The molecule has 1 rings (SSSR count). The molecule has 0 amide bonds. The van der Waals surface area contributed by atoms with Crippen molar-refractivity contribution in [1.29, 1.82) is 0 Å². The van der Waals surface area contributed by atoms with E-state index in [1.54, 1.807) is 0 Å². The van der Waals surface area contributed by atoms with E-state index in [0.29, 0.717) is 43.7 Å². The van der Waals surface area contributed by atoms with Gasteiger partial charge in [0.1, 0.15) is 0 Å². The van der Waals surface area contributed by atoms with Crippen LogP contribution in [-0.2, 0) is 23.9 Å². The van der Waals surface area contributed by atoms with Gasteiger partial charge in [0.05, 0.1) is 19.4 Å². The van der Waals surface area contributed by atoms with Crippen molar-refractivity contribution in [3.05, 3.63) is 23.1 Å². The van der Waals surface area contributed by atoms with Crippen molar-refractivity contribution in [2.45, 2.75) is 129 Å². The Morgan fingerprint density at radius 2 is 1.33 bits per heavy atom. The zero-order valence-corrected chi connectivity index (χ0v) is 23.3. The molecule has 0 aromatic rings. The highest BCUT2D eigenvalue weighted by molar-refractivity contribution is 6.21. The third-order valence-corrected chi connectivity index (χ3v) is 6.66. The van der Waals surface area contributed by atoms with E-state index < -0.39 is 0 Å². The second-order valence-electron chi connectivity index (χ2n) is 9.86. The Kier molecular flexibility index (Phi) is 18.6. The van der Waals surface area contributed by atoms with Crippen LogP contribution in [0.25, 0.3) is 0 Å². The highest BCUT2D eigenvalue weighted by atomic mass is 16.5. The molecule has 0 atom stereocenters. The molecular weight excluding hydrogens is 454 g/mol. The van der Waals surface area contributed by atoms with Crippen LogP contribution in [0.15, 0.2) is 23.1 Å². The van der Waals surface area contributed by atoms with Crippen LogP contribution in [-0.4, -0.2) is 37.8 Å². The predicted molar refractivity (Wildman–Crippen MR) is 146 cm³/mol. The quantitative estimate of drug-likeness (QED) is 0.0904. The lowest BCUT2D eigenvalue weighted by atomic mass is 9.93. The molecule has 0 bridgehead atoms. The number of carbonyl (C=O) groups is 3. The van der Waals surface area contributed by atoms with Crippen LogP contribution >= 0.6 is 0 Å². The summed E-state index contributed by atoms with van der Waals surface area (Å²) in [6.45, 7) is 5.29. The number of hydrogen-bond donors (Lipinski definition) is 1. The molecule has 0 unspecified atom stereocenters. The summed E-state index contributed by atoms with van der Waals surface area (Å²) in [5.74, 6) is -0.488. The number of allylic oxidation sites excluding steroid dienone is 2. The molecule has 0 radical (unpaired) electrons. The van der Waals surface area contributed by atoms with Gasteiger partial charge in [-0.05, 0) is 25.7 Å². The van der Waals surface area contributed by atoms with Crippen LogP contribution < -0.4 is 5.32 Å². The van der Waals surface area contributed by atoms with E-state index in [1.807, 2.05) is 0 Å². The molecule has 1 N–H and O–H groups in total. The van der Waals surface area contributed by atoms with Gasteiger partial charge in [0.25, 0.3) is 0 Å². The van der Waals surface area contributed by atoms with Crippen LogP contribution in [0.5, 0.6) is 0 Å². The van der Waals surface area contributed by atoms with E-state index in [1.165, 1.54) is 64.6 Å². The van der Waals surface area contributed by atoms with Gasteiger partial charge < -0.3 is 14.8 Å². The fourth-order valence-corrected chi connectivity index (χ4v) is 4.47. The number of Topliss-reactive ketones (excluding diaryl/α,β-unsaturated/α-hetero) is 1. The Balaban J connectivity index is 2.29. The van der Waals surface area contributed by atoms with Gasteiger partial charge >= 0.3 is 5.97 Å². The minimum Gasteiger partial charge on any atom is -0.492 e. The number of unbranched alkanes of at least 4 members (excludes halogenated alkanes) is 13. The number of nitrogens with one attached hydrogen (secondary N) is 1. The third kappa shape index (κ3) is 13.8. The van der Waals surface area contributed by atoms with Crippen molar-refractivity contribution in [2.75, 3.05) is 20.3 Å². The monoisotopic (exact) mass is 505 g/mol. The van der Waals surface area contributed by atoms with E-state index in [-0.39, 0.29) is 23.3 Å². The van der Waals surface area contributed by atoms with Crippen molar-refractivity contribution in [2.24, 2.45) is 0 Å². The first-order valence-electron chi connectivity index (χ1n) is 14.5. The van der Waals surface area contributed by atoms with E-state index in [0.717, 1.165) is 44.9 Å². The summed E-state index contributed by atoms with van der Waals surface area (Å²) in [6.07, 6.45) is 20.6. The first-order valence-corrected chi connectivity index (χ1v) is 14.5. The van der Waals surface area contributed by atoms with Gasteiger partial charge in [0.2, 0.25) is 11.6 Å². The molecule has 0 aromatic heterocycles. The molecule has 0 saturated carbocycles. The van der Waals surface area contributed by atoms with Crippen molar-refractivity contribution in [1.82, 2.24) is 5.32 Å². The number of hydrogen-bond acceptors (Lipinski definition) is 6. The minimum absolute atomic E-state index is 0.169. The SMILES string of the molecule is CCCCCCCCCCCCCC1=C(OC)C(=O)C=C(NCCCC(=O)OCCCCCC)C1=O. The van der Waals surface area contributed by atoms with Gasteiger partial charge in [-0.3, -0.25) is 14.4 Å². The summed E-state index contributed by atoms with van der Waals surface area (Å²) in [7, 11) is 1.45. The van der Waals surface area contributed by atoms with E-state index in [4.69, 9.17) is 9.47 Å². The van der Waals surface area contributed by atoms with Gasteiger partial charge in [0, 0.05) is 24.6 Å². The number of carbonyl (C=O) groups excluding carboxylic acids is 3. The molecule has 0 spiro atoms. The van der Waals surface area contributed by atoms with Crippen LogP contribution in [0.3, 0.4) is 0 Å². The smallest absolute Gasteiger partial charge is 0.305 e. The van der Waals surface area contributed by atoms with Crippen LogP contribution in [0, 0.1) is 0 Å². The zero-order chi connectivity index (χ0) is 26.4. The lowest BCUT2D eigenvalue weighted by Gasteiger charge is -2.19. The molecule has 0 aromatic carbocycles. The molecule has 1 aliphatic rings. The largest absolute Gasteiger partial charge is 0.492 e. The first kappa shape index (κ1) is 31.9. The molecule has 0 aliphatic heterocycles. The summed E-state index contributed by atoms with van der Waals surface area (Å²) in [4.78, 5) is 37.3. The number of ether oxygens (including phenoxy) is 2. The maximum Gasteiger partial charge on any atom is 0.305 e. The number of rotatable bonds is 23. The second-order valence-corrected chi connectivity index (χ2v) is 9.86. The van der Waals surface area contributed by atoms with Gasteiger partial charge in [-0.1, -0.05) is 97.3 Å². The van der Waals surface area contributed by atoms with Gasteiger partial charge in [-0.25, -0.2) is 0 Å². The Bertz CT molecular complexity index is 710. The van der Waals surface area contributed by atoms with Crippen molar-refractivity contribution >= 4 is 17.5 Å². The Labute approximate surface area is 219 Å². The molecule has 0 fully saturated rings. The molecule has 6 heteroatoms. The van der Waals surface area contributed by atoms with E-state index in [9.17, 15) is 14.4 Å². The highest BCUT2D eigenvalue weighted by Gasteiger charge is 2.29. The zero-order valence-electron chi connectivity index (χ0n) is 23.3. The topological polar surface area (TPSA) is 81.7 Å². The molecular formula is C30H51NO5. The number of methoxy groups -OCH3 is 1.